The number of carbonyl (C=O) groups is 1. The van der Waals surface area contributed by atoms with Crippen molar-refractivity contribution in [3.8, 4) is 17.1 Å². The largest absolute Gasteiger partial charge is 0.497 e. The van der Waals surface area contributed by atoms with Crippen molar-refractivity contribution in [2.75, 3.05) is 38.2 Å². The highest BCUT2D eigenvalue weighted by Crippen LogP contribution is 2.21. The summed E-state index contributed by atoms with van der Waals surface area (Å²) in [4.78, 5) is 29.6. The van der Waals surface area contributed by atoms with Crippen LogP contribution in [0.2, 0.25) is 0 Å². The molecule has 0 saturated carbocycles. The Morgan fingerprint density at radius 3 is 2.74 bits per heavy atom. The lowest BCUT2D eigenvalue weighted by atomic mass is 10.2. The van der Waals surface area contributed by atoms with Crippen molar-refractivity contribution >= 4 is 22.9 Å². The number of fused-ring (bicyclic) bond motifs is 1. The van der Waals surface area contributed by atoms with Crippen molar-refractivity contribution in [3.05, 3.63) is 54.4 Å². The average molecular weight is 461 g/mol. The maximum atomic E-state index is 12.8. The van der Waals surface area contributed by atoms with E-state index in [1.165, 1.54) is 0 Å². The minimum atomic E-state index is 0.168. The van der Waals surface area contributed by atoms with Gasteiger partial charge in [0.15, 0.2) is 0 Å². The van der Waals surface area contributed by atoms with Gasteiger partial charge in [-0.2, -0.15) is 4.98 Å². The van der Waals surface area contributed by atoms with Crippen molar-refractivity contribution in [1.82, 2.24) is 25.0 Å². The van der Waals surface area contributed by atoms with E-state index in [0.717, 1.165) is 54.3 Å². The zero-order valence-electron chi connectivity index (χ0n) is 19.2. The molecule has 1 fully saturated rings. The van der Waals surface area contributed by atoms with Crippen LogP contribution >= 0.6 is 0 Å². The smallest absolute Gasteiger partial charge is 0.226 e. The molecule has 0 unspecified atom stereocenters. The van der Waals surface area contributed by atoms with Crippen LogP contribution in [0.25, 0.3) is 22.4 Å². The molecule has 5 rings (SSSR count). The highest BCUT2D eigenvalue weighted by molar-refractivity contribution is 5.78. The Balaban J connectivity index is 1.11. The fraction of sp³-hybridized carbons (Fsp3) is 0.360. The van der Waals surface area contributed by atoms with Crippen molar-refractivity contribution in [2.24, 2.45) is 0 Å². The van der Waals surface area contributed by atoms with Gasteiger partial charge in [0, 0.05) is 44.6 Å². The van der Waals surface area contributed by atoms with Crippen LogP contribution < -0.4 is 9.64 Å². The van der Waals surface area contributed by atoms with E-state index in [4.69, 9.17) is 14.2 Å². The Kier molecular flexibility index (Phi) is 6.42. The van der Waals surface area contributed by atoms with Gasteiger partial charge in [0.25, 0.3) is 0 Å². The summed E-state index contributed by atoms with van der Waals surface area (Å²) in [5.41, 5.74) is 2.86. The minimum absolute atomic E-state index is 0.168. The van der Waals surface area contributed by atoms with Crippen molar-refractivity contribution < 1.29 is 14.1 Å². The first-order chi connectivity index (χ1) is 16.7. The molecule has 2 aromatic heterocycles. The van der Waals surface area contributed by atoms with Crippen LogP contribution in [-0.2, 0) is 11.2 Å². The molecule has 176 valence electrons. The van der Waals surface area contributed by atoms with Gasteiger partial charge in [0.1, 0.15) is 5.75 Å². The standard InChI is InChI=1S/C25H28N6O3/c1-33-19-12-10-18(11-13-19)24-28-22(34-29-24)8-4-9-23(32)30-14-5-15-31(17-16-30)25-26-20-6-2-3-7-21(20)27-25/h2-3,6-7,10-13H,4-5,8-9,14-17H2,1H3,(H,26,27). The molecule has 34 heavy (non-hydrogen) atoms. The van der Waals surface area contributed by atoms with Crippen molar-refractivity contribution in [3.63, 3.8) is 0 Å². The fourth-order valence-corrected chi connectivity index (χ4v) is 4.23. The predicted octanol–water partition coefficient (Wildman–Crippen LogP) is 3.68. The summed E-state index contributed by atoms with van der Waals surface area (Å²) in [5, 5.41) is 4.06. The number of amides is 1. The first-order valence-corrected chi connectivity index (χ1v) is 11.6. The third kappa shape index (κ3) is 4.88. The molecular formula is C25H28N6O3. The molecule has 9 heteroatoms. The van der Waals surface area contributed by atoms with Gasteiger partial charge in [-0.15, -0.1) is 0 Å². The number of nitrogens with one attached hydrogen (secondary N) is 1. The molecule has 1 N–H and O–H groups in total. The van der Waals surface area contributed by atoms with E-state index >= 15 is 0 Å². The SMILES string of the molecule is COc1ccc(-c2noc(CCCC(=O)N3CCCN(c4nc5ccccc5[nH]4)CC3)n2)cc1. The zero-order chi connectivity index (χ0) is 23.3. The molecule has 3 heterocycles. The number of nitrogens with zero attached hydrogens (tertiary/aromatic N) is 5. The number of H-pyrrole nitrogens is 1. The molecule has 0 aliphatic carbocycles. The Morgan fingerprint density at radius 2 is 1.91 bits per heavy atom. The number of anilines is 1. The molecule has 0 bridgehead atoms. The van der Waals surface area contributed by atoms with E-state index < -0.39 is 0 Å². The van der Waals surface area contributed by atoms with E-state index in [1.54, 1.807) is 7.11 Å². The molecule has 1 amide bonds. The van der Waals surface area contributed by atoms with Gasteiger partial charge in [-0.3, -0.25) is 4.79 Å². The number of benzene rings is 2. The summed E-state index contributed by atoms with van der Waals surface area (Å²) < 4.78 is 10.6. The fourth-order valence-electron chi connectivity index (χ4n) is 4.23. The van der Waals surface area contributed by atoms with Crippen molar-refractivity contribution in [2.45, 2.75) is 25.7 Å². The summed E-state index contributed by atoms with van der Waals surface area (Å²) in [6, 6.07) is 15.5. The lowest BCUT2D eigenvalue weighted by Crippen LogP contribution is -2.35. The van der Waals surface area contributed by atoms with Crippen LogP contribution in [-0.4, -0.2) is 64.2 Å². The summed E-state index contributed by atoms with van der Waals surface area (Å²) >= 11 is 0. The van der Waals surface area contributed by atoms with Gasteiger partial charge >= 0.3 is 0 Å². The topological polar surface area (TPSA) is 100 Å². The first kappa shape index (κ1) is 21.9. The number of rotatable bonds is 7. The van der Waals surface area contributed by atoms with Gasteiger partial charge < -0.3 is 24.0 Å². The van der Waals surface area contributed by atoms with E-state index in [-0.39, 0.29) is 5.91 Å². The number of imidazole rings is 1. The number of carbonyl (C=O) groups excluding carboxylic acids is 1. The van der Waals surface area contributed by atoms with E-state index in [2.05, 4.69) is 20.0 Å². The summed E-state index contributed by atoms with van der Waals surface area (Å²) in [7, 11) is 1.63. The number of aromatic nitrogens is 4. The molecule has 0 spiro atoms. The quantitative estimate of drug-likeness (QED) is 0.449. The molecular weight excluding hydrogens is 432 g/mol. The predicted molar refractivity (Wildman–Crippen MR) is 129 cm³/mol. The Hall–Kier alpha value is -3.88. The first-order valence-electron chi connectivity index (χ1n) is 11.6. The Bertz CT molecular complexity index is 1220. The lowest BCUT2D eigenvalue weighted by molar-refractivity contribution is -0.131. The number of para-hydroxylation sites is 2. The van der Waals surface area contributed by atoms with Crippen LogP contribution in [0.3, 0.4) is 0 Å². The Morgan fingerprint density at radius 1 is 1.06 bits per heavy atom. The molecule has 1 saturated heterocycles. The molecule has 0 radical (unpaired) electrons. The van der Waals surface area contributed by atoms with Gasteiger partial charge in [-0.25, -0.2) is 4.98 Å². The number of ether oxygens (including phenoxy) is 1. The molecule has 1 aliphatic rings. The maximum absolute atomic E-state index is 12.8. The monoisotopic (exact) mass is 460 g/mol. The third-order valence-electron chi connectivity index (χ3n) is 6.12. The normalized spacial score (nSPS) is 14.4. The van der Waals surface area contributed by atoms with Crippen LogP contribution in [0.5, 0.6) is 5.75 Å². The number of aromatic amines is 1. The highest BCUT2D eigenvalue weighted by Gasteiger charge is 2.21. The van der Waals surface area contributed by atoms with Crippen LogP contribution in [0, 0.1) is 0 Å². The van der Waals surface area contributed by atoms with Crippen molar-refractivity contribution in [1.29, 1.82) is 0 Å². The summed E-state index contributed by atoms with van der Waals surface area (Å²) in [5.74, 6) is 2.91. The molecule has 9 nitrogen and oxygen atoms in total. The number of aryl methyl sites for hydroxylation is 1. The second-order valence-electron chi connectivity index (χ2n) is 8.39. The van der Waals surface area contributed by atoms with Gasteiger partial charge in [-0.1, -0.05) is 17.3 Å². The van der Waals surface area contributed by atoms with E-state index in [9.17, 15) is 4.79 Å². The van der Waals surface area contributed by atoms with E-state index in [0.29, 0.717) is 37.5 Å². The lowest BCUT2D eigenvalue weighted by Gasteiger charge is -2.21. The number of hydrogen-bond donors (Lipinski definition) is 1. The minimum Gasteiger partial charge on any atom is -0.497 e. The Labute approximate surface area is 197 Å². The summed E-state index contributed by atoms with van der Waals surface area (Å²) in [6.45, 7) is 3.09. The van der Waals surface area contributed by atoms with E-state index in [1.807, 2.05) is 53.4 Å². The zero-order valence-corrected chi connectivity index (χ0v) is 19.2. The third-order valence-corrected chi connectivity index (χ3v) is 6.12. The van der Waals surface area contributed by atoms with Gasteiger partial charge in [-0.05, 0) is 49.2 Å². The molecule has 0 atom stereocenters. The summed E-state index contributed by atoms with van der Waals surface area (Å²) in [6.07, 6.45) is 2.63. The van der Waals surface area contributed by atoms with Crippen LogP contribution in [0.4, 0.5) is 5.95 Å². The maximum Gasteiger partial charge on any atom is 0.226 e. The van der Waals surface area contributed by atoms with Crippen LogP contribution in [0.15, 0.2) is 53.1 Å². The molecule has 1 aliphatic heterocycles. The number of methoxy groups -OCH3 is 1. The second-order valence-corrected chi connectivity index (χ2v) is 8.39. The van der Waals surface area contributed by atoms with Gasteiger partial charge in [0.05, 0.1) is 18.1 Å². The average Bonchev–Trinajstić information content (AvgIpc) is 3.44. The second kappa shape index (κ2) is 9.94. The van der Waals surface area contributed by atoms with Gasteiger partial charge in [0.2, 0.25) is 23.6 Å². The van der Waals surface area contributed by atoms with Crippen LogP contribution in [0.1, 0.15) is 25.2 Å². The number of hydrogen-bond acceptors (Lipinski definition) is 7. The molecule has 2 aromatic carbocycles. The molecule has 4 aromatic rings. The highest BCUT2D eigenvalue weighted by atomic mass is 16.5.